The predicted molar refractivity (Wildman–Crippen MR) is 58.6 cm³/mol. The number of carbonyl (C=O) groups is 1. The summed E-state index contributed by atoms with van der Waals surface area (Å²) >= 11 is 0. The van der Waals surface area contributed by atoms with Crippen LogP contribution in [0.2, 0.25) is 0 Å². The summed E-state index contributed by atoms with van der Waals surface area (Å²) in [5, 5.41) is 0. The molecule has 2 heterocycles. The number of rotatable bonds is 4. The molecule has 2 rings (SSSR count). The van der Waals surface area contributed by atoms with Gasteiger partial charge in [-0.1, -0.05) is 13.3 Å². The molecule has 2 aliphatic rings. The number of hydrogen-bond donors (Lipinski definition) is 0. The van der Waals surface area contributed by atoms with Crippen molar-refractivity contribution in [3.05, 3.63) is 0 Å². The van der Waals surface area contributed by atoms with E-state index in [1.807, 2.05) is 0 Å². The Bertz CT molecular complexity index is 218. The SMILES string of the molecule is CCCCOC(=O)C1CC2CCCN2C1. The molecule has 0 aromatic heterocycles. The van der Waals surface area contributed by atoms with E-state index in [1.54, 1.807) is 0 Å². The van der Waals surface area contributed by atoms with Crippen molar-refractivity contribution in [3.63, 3.8) is 0 Å². The summed E-state index contributed by atoms with van der Waals surface area (Å²) in [6, 6.07) is 0.675. The lowest BCUT2D eigenvalue weighted by Gasteiger charge is -2.12. The van der Waals surface area contributed by atoms with Crippen LogP contribution in [-0.4, -0.2) is 36.6 Å². The number of ether oxygens (including phenoxy) is 1. The van der Waals surface area contributed by atoms with Gasteiger partial charge in [-0.15, -0.1) is 0 Å². The van der Waals surface area contributed by atoms with Crippen LogP contribution in [-0.2, 0) is 9.53 Å². The molecule has 86 valence electrons. The highest BCUT2D eigenvalue weighted by Crippen LogP contribution is 2.31. The maximum Gasteiger partial charge on any atom is 0.310 e. The number of hydrogen-bond acceptors (Lipinski definition) is 3. The van der Waals surface area contributed by atoms with Crippen molar-refractivity contribution in [2.75, 3.05) is 19.7 Å². The van der Waals surface area contributed by atoms with Crippen molar-refractivity contribution in [1.82, 2.24) is 4.90 Å². The van der Waals surface area contributed by atoms with Crippen molar-refractivity contribution in [2.45, 2.75) is 45.1 Å². The van der Waals surface area contributed by atoms with Crippen LogP contribution in [0.25, 0.3) is 0 Å². The van der Waals surface area contributed by atoms with Gasteiger partial charge in [-0.25, -0.2) is 0 Å². The minimum atomic E-state index is 0.0397. The first-order chi connectivity index (χ1) is 7.31. The summed E-state index contributed by atoms with van der Waals surface area (Å²) in [6.07, 6.45) is 5.70. The van der Waals surface area contributed by atoms with Crippen LogP contribution in [0.15, 0.2) is 0 Å². The van der Waals surface area contributed by atoms with Crippen molar-refractivity contribution in [2.24, 2.45) is 5.92 Å². The predicted octanol–water partition coefficient (Wildman–Crippen LogP) is 1.81. The van der Waals surface area contributed by atoms with Crippen LogP contribution < -0.4 is 0 Å². The second-order valence-corrected chi connectivity index (χ2v) is 4.74. The molecular weight excluding hydrogens is 190 g/mol. The van der Waals surface area contributed by atoms with Gasteiger partial charge in [0.25, 0.3) is 0 Å². The summed E-state index contributed by atoms with van der Waals surface area (Å²) in [5.74, 6) is 0.199. The summed E-state index contributed by atoms with van der Waals surface area (Å²) in [6.45, 7) is 4.84. The Kier molecular flexibility index (Phi) is 3.62. The fourth-order valence-electron chi connectivity index (χ4n) is 2.69. The lowest BCUT2D eigenvalue weighted by atomic mass is 10.0. The molecule has 0 amide bonds. The van der Waals surface area contributed by atoms with Crippen LogP contribution in [0.5, 0.6) is 0 Å². The third-order valence-corrected chi connectivity index (χ3v) is 3.59. The minimum Gasteiger partial charge on any atom is -0.465 e. The first-order valence-corrected chi connectivity index (χ1v) is 6.22. The van der Waals surface area contributed by atoms with Gasteiger partial charge in [0.15, 0.2) is 0 Å². The summed E-state index contributed by atoms with van der Waals surface area (Å²) in [4.78, 5) is 14.2. The molecule has 0 radical (unpaired) electrons. The molecule has 2 atom stereocenters. The van der Waals surface area contributed by atoms with E-state index in [4.69, 9.17) is 4.74 Å². The first kappa shape index (κ1) is 10.9. The van der Waals surface area contributed by atoms with Gasteiger partial charge in [0.2, 0.25) is 0 Å². The Labute approximate surface area is 91.8 Å². The van der Waals surface area contributed by atoms with E-state index in [1.165, 1.54) is 19.4 Å². The minimum absolute atomic E-state index is 0.0397. The molecule has 0 aromatic carbocycles. The van der Waals surface area contributed by atoms with Gasteiger partial charge in [-0.05, 0) is 32.2 Å². The number of fused-ring (bicyclic) bond motifs is 1. The lowest BCUT2D eigenvalue weighted by Crippen LogP contribution is -2.25. The fraction of sp³-hybridized carbons (Fsp3) is 0.917. The highest BCUT2D eigenvalue weighted by molar-refractivity contribution is 5.73. The van der Waals surface area contributed by atoms with Crippen LogP contribution in [0.3, 0.4) is 0 Å². The molecule has 2 unspecified atom stereocenters. The molecular formula is C12H21NO2. The quantitative estimate of drug-likeness (QED) is 0.524. The molecule has 2 saturated heterocycles. The molecule has 15 heavy (non-hydrogen) atoms. The Hall–Kier alpha value is -0.570. The number of unbranched alkanes of at least 4 members (excludes halogenated alkanes) is 1. The smallest absolute Gasteiger partial charge is 0.310 e. The zero-order valence-corrected chi connectivity index (χ0v) is 9.58. The van der Waals surface area contributed by atoms with Crippen LogP contribution in [0.1, 0.15) is 39.0 Å². The zero-order valence-electron chi connectivity index (χ0n) is 9.58. The Morgan fingerprint density at radius 1 is 1.53 bits per heavy atom. The standard InChI is InChI=1S/C12H21NO2/c1-2-3-7-15-12(14)10-8-11-5-4-6-13(11)9-10/h10-11H,2-9H2,1H3. The van der Waals surface area contributed by atoms with Gasteiger partial charge in [0, 0.05) is 12.6 Å². The fourth-order valence-corrected chi connectivity index (χ4v) is 2.69. The Balaban J connectivity index is 1.73. The van der Waals surface area contributed by atoms with Gasteiger partial charge in [-0.2, -0.15) is 0 Å². The van der Waals surface area contributed by atoms with Gasteiger partial charge < -0.3 is 4.74 Å². The average molecular weight is 211 g/mol. The van der Waals surface area contributed by atoms with E-state index in [2.05, 4.69) is 11.8 Å². The van der Waals surface area contributed by atoms with E-state index in [9.17, 15) is 4.79 Å². The monoisotopic (exact) mass is 211 g/mol. The third kappa shape index (κ3) is 2.51. The highest BCUT2D eigenvalue weighted by atomic mass is 16.5. The maximum absolute atomic E-state index is 11.7. The van der Waals surface area contributed by atoms with E-state index < -0.39 is 0 Å². The van der Waals surface area contributed by atoms with E-state index in [-0.39, 0.29) is 11.9 Å². The highest BCUT2D eigenvalue weighted by Gasteiger charge is 2.38. The lowest BCUT2D eigenvalue weighted by molar-refractivity contribution is -0.148. The maximum atomic E-state index is 11.7. The largest absolute Gasteiger partial charge is 0.465 e. The van der Waals surface area contributed by atoms with E-state index >= 15 is 0 Å². The topological polar surface area (TPSA) is 29.5 Å². The molecule has 0 aromatic rings. The first-order valence-electron chi connectivity index (χ1n) is 6.22. The molecule has 3 nitrogen and oxygen atoms in total. The normalized spacial score (nSPS) is 30.5. The molecule has 0 saturated carbocycles. The number of esters is 1. The molecule has 0 spiro atoms. The molecule has 3 heteroatoms. The molecule has 0 N–H and O–H groups in total. The van der Waals surface area contributed by atoms with Crippen LogP contribution in [0.4, 0.5) is 0 Å². The van der Waals surface area contributed by atoms with Gasteiger partial charge >= 0.3 is 5.97 Å². The zero-order chi connectivity index (χ0) is 10.7. The Morgan fingerprint density at radius 2 is 2.40 bits per heavy atom. The molecule has 2 aliphatic heterocycles. The average Bonchev–Trinajstić information content (AvgIpc) is 2.76. The second kappa shape index (κ2) is 4.97. The van der Waals surface area contributed by atoms with Crippen molar-refractivity contribution in [1.29, 1.82) is 0 Å². The summed E-state index contributed by atoms with van der Waals surface area (Å²) in [7, 11) is 0. The van der Waals surface area contributed by atoms with Crippen molar-refractivity contribution in [3.8, 4) is 0 Å². The van der Waals surface area contributed by atoms with E-state index in [0.29, 0.717) is 12.6 Å². The molecule has 2 fully saturated rings. The summed E-state index contributed by atoms with van der Waals surface area (Å²) < 4.78 is 5.27. The van der Waals surface area contributed by atoms with Gasteiger partial charge in [-0.3, -0.25) is 9.69 Å². The molecule has 0 bridgehead atoms. The van der Waals surface area contributed by atoms with Crippen molar-refractivity contribution < 1.29 is 9.53 Å². The van der Waals surface area contributed by atoms with Crippen LogP contribution >= 0.6 is 0 Å². The van der Waals surface area contributed by atoms with Gasteiger partial charge in [0.1, 0.15) is 0 Å². The number of carbonyl (C=O) groups excluding carboxylic acids is 1. The van der Waals surface area contributed by atoms with Crippen LogP contribution in [0, 0.1) is 5.92 Å². The van der Waals surface area contributed by atoms with Crippen molar-refractivity contribution >= 4 is 5.97 Å². The molecule has 0 aliphatic carbocycles. The summed E-state index contributed by atoms with van der Waals surface area (Å²) in [5.41, 5.74) is 0. The third-order valence-electron chi connectivity index (χ3n) is 3.59. The van der Waals surface area contributed by atoms with E-state index in [0.717, 1.165) is 25.8 Å². The Morgan fingerprint density at radius 3 is 3.13 bits per heavy atom. The number of nitrogens with zero attached hydrogens (tertiary/aromatic N) is 1. The van der Waals surface area contributed by atoms with Gasteiger partial charge in [0.05, 0.1) is 12.5 Å². The second-order valence-electron chi connectivity index (χ2n) is 4.74.